The van der Waals surface area contributed by atoms with Crippen molar-refractivity contribution in [2.24, 2.45) is 0 Å². The van der Waals surface area contributed by atoms with E-state index in [1.165, 1.54) is 11.1 Å². The number of nitrogens with one attached hydrogen (secondary N) is 1. The van der Waals surface area contributed by atoms with Crippen LogP contribution in [0.15, 0.2) is 47.3 Å². The van der Waals surface area contributed by atoms with Crippen LogP contribution in [0.4, 0.5) is 0 Å². The third kappa shape index (κ3) is 3.63. The predicted molar refractivity (Wildman–Crippen MR) is 117 cm³/mol. The van der Waals surface area contributed by atoms with Gasteiger partial charge in [-0.15, -0.1) is 0 Å². The number of benzene rings is 2. The molecule has 3 aromatic rings. The lowest BCUT2D eigenvalue weighted by atomic mass is 10.00. The van der Waals surface area contributed by atoms with Crippen LogP contribution < -0.4 is 10.9 Å². The van der Waals surface area contributed by atoms with Crippen LogP contribution in [0.2, 0.25) is 0 Å². The highest BCUT2D eigenvalue weighted by atomic mass is 16.1. The van der Waals surface area contributed by atoms with Crippen molar-refractivity contribution in [3.8, 4) is 0 Å². The van der Waals surface area contributed by atoms with Crippen LogP contribution in [-0.2, 0) is 25.9 Å². The lowest BCUT2D eigenvalue weighted by molar-refractivity contribution is 0.0947. The molecule has 0 bridgehead atoms. The van der Waals surface area contributed by atoms with Gasteiger partial charge < -0.3 is 5.32 Å². The van der Waals surface area contributed by atoms with Gasteiger partial charge in [0.15, 0.2) is 0 Å². The molecule has 30 heavy (non-hydrogen) atoms. The zero-order valence-corrected chi connectivity index (χ0v) is 17.1. The van der Waals surface area contributed by atoms with Crippen molar-refractivity contribution in [3.63, 3.8) is 0 Å². The van der Waals surface area contributed by atoms with Crippen molar-refractivity contribution >= 4 is 16.8 Å². The van der Waals surface area contributed by atoms with E-state index in [2.05, 4.69) is 39.5 Å². The zero-order chi connectivity index (χ0) is 20.5. The number of fused-ring (bicyclic) bond motifs is 3. The molecular weight excluding hydrogens is 376 g/mol. The molecule has 1 amide bonds. The molecule has 6 nitrogen and oxygen atoms in total. The van der Waals surface area contributed by atoms with Gasteiger partial charge in [-0.05, 0) is 48.6 Å². The summed E-state index contributed by atoms with van der Waals surface area (Å²) in [5.74, 6) is 0.718. The number of carbonyl (C=O) groups is 1. The minimum Gasteiger partial charge on any atom is -0.351 e. The molecule has 0 saturated carbocycles. The second-order valence-electron chi connectivity index (χ2n) is 8.22. The molecule has 3 heterocycles. The number of carbonyl (C=O) groups excluding carboxylic acids is 1. The molecule has 0 saturated heterocycles. The van der Waals surface area contributed by atoms with Gasteiger partial charge in [-0.2, -0.15) is 0 Å². The molecule has 0 spiro atoms. The smallest absolute Gasteiger partial charge is 0.261 e. The van der Waals surface area contributed by atoms with Gasteiger partial charge in [-0.3, -0.25) is 19.1 Å². The summed E-state index contributed by atoms with van der Waals surface area (Å²) < 4.78 is 1.78. The summed E-state index contributed by atoms with van der Waals surface area (Å²) in [7, 11) is 0. The van der Waals surface area contributed by atoms with Gasteiger partial charge in [0.25, 0.3) is 11.5 Å². The molecule has 2 aromatic carbocycles. The Morgan fingerprint density at radius 2 is 1.90 bits per heavy atom. The van der Waals surface area contributed by atoms with E-state index in [1.54, 1.807) is 22.8 Å². The Morgan fingerprint density at radius 1 is 1.03 bits per heavy atom. The first kappa shape index (κ1) is 19.0. The summed E-state index contributed by atoms with van der Waals surface area (Å²) >= 11 is 0. The maximum Gasteiger partial charge on any atom is 0.261 e. The highest BCUT2D eigenvalue weighted by Crippen LogP contribution is 2.18. The Balaban J connectivity index is 1.25. The van der Waals surface area contributed by atoms with Crippen molar-refractivity contribution in [2.45, 2.75) is 38.8 Å². The van der Waals surface area contributed by atoms with E-state index in [4.69, 9.17) is 0 Å². The van der Waals surface area contributed by atoms with Gasteiger partial charge >= 0.3 is 0 Å². The largest absolute Gasteiger partial charge is 0.351 e. The topological polar surface area (TPSA) is 67.2 Å². The summed E-state index contributed by atoms with van der Waals surface area (Å²) in [6, 6.07) is 13.8. The standard InChI is InChI=1S/C24H26N4O2/c29-23(25-11-14-27-13-10-17-5-1-2-6-19(17)16-27)18-8-9-20-21(15-18)26-22-7-3-4-12-28(22)24(20)30/h1-2,5-6,8-9,15H,3-4,7,10-14,16H2,(H,25,29). The van der Waals surface area contributed by atoms with Crippen LogP contribution >= 0.6 is 0 Å². The summed E-state index contributed by atoms with van der Waals surface area (Å²) in [6.45, 7) is 4.10. The number of aromatic nitrogens is 2. The van der Waals surface area contributed by atoms with E-state index in [9.17, 15) is 9.59 Å². The lowest BCUT2D eigenvalue weighted by Gasteiger charge is -2.28. The molecule has 0 fully saturated rings. The van der Waals surface area contributed by atoms with Crippen LogP contribution in [-0.4, -0.2) is 40.0 Å². The second kappa shape index (κ2) is 8.03. The maximum atomic E-state index is 12.7. The fraction of sp³-hybridized carbons (Fsp3) is 0.375. The molecule has 6 heteroatoms. The normalized spacial score (nSPS) is 16.1. The van der Waals surface area contributed by atoms with E-state index in [0.29, 0.717) is 23.0 Å². The number of rotatable bonds is 4. The van der Waals surface area contributed by atoms with Crippen LogP contribution in [0, 0.1) is 0 Å². The number of nitrogens with zero attached hydrogens (tertiary/aromatic N) is 3. The molecule has 1 N–H and O–H groups in total. The van der Waals surface area contributed by atoms with Gasteiger partial charge in [-0.1, -0.05) is 24.3 Å². The summed E-state index contributed by atoms with van der Waals surface area (Å²) in [5.41, 5.74) is 3.99. The summed E-state index contributed by atoms with van der Waals surface area (Å²) in [6.07, 6.45) is 3.95. The van der Waals surface area contributed by atoms with Crippen LogP contribution in [0.25, 0.3) is 10.9 Å². The maximum absolute atomic E-state index is 12.7. The summed E-state index contributed by atoms with van der Waals surface area (Å²) in [4.78, 5) is 32.4. The Hall–Kier alpha value is -2.99. The number of aryl methyl sites for hydroxylation is 1. The monoisotopic (exact) mass is 402 g/mol. The first-order chi connectivity index (χ1) is 14.7. The quantitative estimate of drug-likeness (QED) is 0.728. The highest BCUT2D eigenvalue weighted by Gasteiger charge is 2.17. The van der Waals surface area contributed by atoms with Gasteiger partial charge in [0.1, 0.15) is 5.82 Å². The van der Waals surface area contributed by atoms with Crippen molar-refractivity contribution in [2.75, 3.05) is 19.6 Å². The first-order valence-corrected chi connectivity index (χ1v) is 10.8. The Kier molecular flexibility index (Phi) is 5.09. The molecule has 2 aliphatic heterocycles. The predicted octanol–water partition coefficient (Wildman–Crippen LogP) is 2.52. The number of hydrogen-bond acceptors (Lipinski definition) is 4. The Labute approximate surface area is 175 Å². The molecule has 5 rings (SSSR count). The van der Waals surface area contributed by atoms with Crippen LogP contribution in [0.1, 0.15) is 40.2 Å². The van der Waals surface area contributed by atoms with E-state index in [1.807, 2.05) is 0 Å². The number of hydrogen-bond donors (Lipinski definition) is 1. The van der Waals surface area contributed by atoms with E-state index >= 15 is 0 Å². The van der Waals surface area contributed by atoms with Crippen LogP contribution in [0.5, 0.6) is 0 Å². The molecule has 0 radical (unpaired) electrons. The fourth-order valence-corrected chi connectivity index (χ4v) is 4.56. The highest BCUT2D eigenvalue weighted by molar-refractivity contribution is 5.97. The van der Waals surface area contributed by atoms with Gasteiger partial charge in [0, 0.05) is 44.7 Å². The van der Waals surface area contributed by atoms with Gasteiger partial charge in [0.05, 0.1) is 10.9 Å². The molecule has 0 atom stereocenters. The second-order valence-corrected chi connectivity index (χ2v) is 8.22. The SMILES string of the molecule is O=C(NCCN1CCc2ccccc2C1)c1ccc2c(=O)n3c(nc2c1)CCCC3. The Bertz CT molecular complexity index is 1170. The van der Waals surface area contributed by atoms with E-state index < -0.39 is 0 Å². The van der Waals surface area contributed by atoms with Crippen LogP contribution in [0.3, 0.4) is 0 Å². The van der Waals surface area contributed by atoms with E-state index in [0.717, 1.165) is 57.7 Å². The van der Waals surface area contributed by atoms with Crippen molar-refractivity contribution in [1.29, 1.82) is 0 Å². The zero-order valence-electron chi connectivity index (χ0n) is 17.1. The average molecular weight is 402 g/mol. The fourth-order valence-electron chi connectivity index (χ4n) is 4.56. The third-order valence-electron chi connectivity index (χ3n) is 6.25. The minimum atomic E-state index is -0.117. The third-order valence-corrected chi connectivity index (χ3v) is 6.25. The van der Waals surface area contributed by atoms with Gasteiger partial charge in [0.2, 0.25) is 0 Å². The molecule has 2 aliphatic rings. The van der Waals surface area contributed by atoms with Gasteiger partial charge in [-0.25, -0.2) is 4.98 Å². The Morgan fingerprint density at radius 3 is 2.80 bits per heavy atom. The summed E-state index contributed by atoms with van der Waals surface area (Å²) in [5, 5.41) is 3.61. The molecule has 1 aromatic heterocycles. The van der Waals surface area contributed by atoms with E-state index in [-0.39, 0.29) is 11.5 Å². The molecule has 0 aliphatic carbocycles. The molecule has 0 unspecified atom stereocenters. The number of amides is 1. The average Bonchev–Trinajstić information content (AvgIpc) is 2.79. The minimum absolute atomic E-state index is 0.00652. The van der Waals surface area contributed by atoms with Crippen molar-refractivity contribution in [1.82, 2.24) is 19.8 Å². The molecular formula is C24H26N4O2. The van der Waals surface area contributed by atoms with Crippen molar-refractivity contribution < 1.29 is 4.79 Å². The molecule has 154 valence electrons. The first-order valence-electron chi connectivity index (χ1n) is 10.8. The van der Waals surface area contributed by atoms with Crippen molar-refractivity contribution in [3.05, 3.63) is 75.3 Å². The lowest BCUT2D eigenvalue weighted by Crippen LogP contribution is -2.37.